The van der Waals surface area contributed by atoms with Gasteiger partial charge in [-0.2, -0.15) is 0 Å². The molecule has 0 amide bonds. The van der Waals surface area contributed by atoms with Crippen molar-refractivity contribution in [3.63, 3.8) is 0 Å². The van der Waals surface area contributed by atoms with Gasteiger partial charge in [-0.15, -0.1) is 0 Å². The SMILES string of the molecule is CS(=O)(=O)C1CCCC(C(N)c2ccc(F)cc2Br)C1. The summed E-state index contributed by atoms with van der Waals surface area (Å²) < 4.78 is 37.2. The molecular formula is C14H19BrFNO2S. The molecule has 1 saturated carbocycles. The maximum absolute atomic E-state index is 13.1. The monoisotopic (exact) mass is 363 g/mol. The number of nitrogens with two attached hydrogens (primary N) is 1. The highest BCUT2D eigenvalue weighted by atomic mass is 79.9. The van der Waals surface area contributed by atoms with Crippen LogP contribution in [0.5, 0.6) is 0 Å². The van der Waals surface area contributed by atoms with E-state index in [0.29, 0.717) is 17.3 Å². The van der Waals surface area contributed by atoms with Crippen LogP contribution < -0.4 is 5.73 Å². The second kappa shape index (κ2) is 6.12. The Kier molecular flexibility index (Phi) is 4.87. The third-order valence-corrected chi connectivity index (χ3v) is 6.43. The summed E-state index contributed by atoms with van der Waals surface area (Å²) in [4.78, 5) is 0. The highest BCUT2D eigenvalue weighted by molar-refractivity contribution is 9.10. The van der Waals surface area contributed by atoms with Gasteiger partial charge in [0.1, 0.15) is 15.7 Å². The first-order valence-corrected chi connectivity index (χ1v) is 9.43. The molecule has 0 bridgehead atoms. The maximum Gasteiger partial charge on any atom is 0.150 e. The van der Waals surface area contributed by atoms with Crippen molar-refractivity contribution in [1.82, 2.24) is 0 Å². The van der Waals surface area contributed by atoms with E-state index in [-0.39, 0.29) is 23.0 Å². The number of rotatable bonds is 3. The van der Waals surface area contributed by atoms with Gasteiger partial charge >= 0.3 is 0 Å². The molecule has 6 heteroatoms. The van der Waals surface area contributed by atoms with Crippen LogP contribution in [0.2, 0.25) is 0 Å². The molecule has 2 N–H and O–H groups in total. The Labute approximate surface area is 127 Å². The lowest BCUT2D eigenvalue weighted by atomic mass is 9.81. The van der Waals surface area contributed by atoms with Crippen LogP contribution in [-0.2, 0) is 9.84 Å². The first kappa shape index (κ1) is 15.9. The molecule has 1 fully saturated rings. The summed E-state index contributed by atoms with van der Waals surface area (Å²) in [6.07, 6.45) is 4.38. The van der Waals surface area contributed by atoms with E-state index in [1.807, 2.05) is 0 Å². The van der Waals surface area contributed by atoms with E-state index in [1.165, 1.54) is 18.4 Å². The van der Waals surface area contributed by atoms with Gasteiger partial charge in [-0.05, 0) is 42.9 Å². The van der Waals surface area contributed by atoms with Crippen LogP contribution in [-0.4, -0.2) is 19.9 Å². The lowest BCUT2D eigenvalue weighted by molar-refractivity contribution is 0.308. The second-order valence-electron chi connectivity index (χ2n) is 5.57. The van der Waals surface area contributed by atoms with Crippen LogP contribution in [0.25, 0.3) is 0 Å². The van der Waals surface area contributed by atoms with E-state index in [2.05, 4.69) is 15.9 Å². The van der Waals surface area contributed by atoms with Gasteiger partial charge in [-0.25, -0.2) is 12.8 Å². The average Bonchev–Trinajstić information content (AvgIpc) is 2.37. The van der Waals surface area contributed by atoms with Gasteiger partial charge in [0.25, 0.3) is 0 Å². The summed E-state index contributed by atoms with van der Waals surface area (Å²) in [5, 5.41) is -0.300. The summed E-state index contributed by atoms with van der Waals surface area (Å²) in [6.45, 7) is 0. The lowest BCUT2D eigenvalue weighted by Gasteiger charge is -2.32. The van der Waals surface area contributed by atoms with E-state index in [4.69, 9.17) is 5.73 Å². The number of hydrogen-bond acceptors (Lipinski definition) is 3. The van der Waals surface area contributed by atoms with Crippen LogP contribution in [0.1, 0.15) is 37.3 Å². The van der Waals surface area contributed by atoms with Gasteiger partial charge in [0.15, 0.2) is 0 Å². The van der Waals surface area contributed by atoms with Gasteiger partial charge in [-0.1, -0.05) is 28.4 Å². The maximum atomic E-state index is 13.1. The van der Waals surface area contributed by atoms with E-state index < -0.39 is 9.84 Å². The van der Waals surface area contributed by atoms with Crippen LogP contribution in [0.3, 0.4) is 0 Å². The molecule has 0 aliphatic heterocycles. The van der Waals surface area contributed by atoms with Crippen LogP contribution in [0.4, 0.5) is 4.39 Å². The van der Waals surface area contributed by atoms with Crippen LogP contribution in [0.15, 0.2) is 22.7 Å². The smallest absolute Gasteiger partial charge is 0.150 e. The molecule has 1 aliphatic rings. The number of halogens is 2. The number of sulfone groups is 1. The Balaban J connectivity index is 2.18. The average molecular weight is 364 g/mol. The molecule has 3 unspecified atom stereocenters. The van der Waals surface area contributed by atoms with Crippen LogP contribution >= 0.6 is 15.9 Å². The van der Waals surface area contributed by atoms with Crippen molar-refractivity contribution in [1.29, 1.82) is 0 Å². The minimum atomic E-state index is -3.02. The molecule has 112 valence electrons. The zero-order valence-electron chi connectivity index (χ0n) is 11.4. The predicted molar refractivity (Wildman–Crippen MR) is 81.6 cm³/mol. The molecule has 0 spiro atoms. The Morgan fingerprint density at radius 2 is 2.10 bits per heavy atom. The molecular weight excluding hydrogens is 345 g/mol. The molecule has 1 aromatic rings. The predicted octanol–water partition coefficient (Wildman–Crippen LogP) is 3.19. The molecule has 0 heterocycles. The molecule has 3 nitrogen and oxygen atoms in total. The molecule has 0 radical (unpaired) electrons. The number of benzene rings is 1. The van der Waals surface area contributed by atoms with E-state index in [0.717, 1.165) is 18.4 Å². The lowest BCUT2D eigenvalue weighted by Crippen LogP contribution is -2.33. The first-order valence-electron chi connectivity index (χ1n) is 6.68. The Morgan fingerprint density at radius 3 is 2.70 bits per heavy atom. The summed E-state index contributed by atoms with van der Waals surface area (Å²) >= 11 is 3.33. The fourth-order valence-corrected chi connectivity index (χ4v) is 4.73. The summed E-state index contributed by atoms with van der Waals surface area (Å²) in [6, 6.07) is 4.19. The first-order chi connectivity index (χ1) is 9.29. The quantitative estimate of drug-likeness (QED) is 0.896. The van der Waals surface area contributed by atoms with Crippen molar-refractivity contribution in [3.05, 3.63) is 34.1 Å². The third-order valence-electron chi connectivity index (χ3n) is 4.10. The van der Waals surface area contributed by atoms with Crippen molar-refractivity contribution in [2.45, 2.75) is 37.0 Å². The second-order valence-corrected chi connectivity index (χ2v) is 8.75. The van der Waals surface area contributed by atoms with Crippen molar-refractivity contribution >= 4 is 25.8 Å². The van der Waals surface area contributed by atoms with Gasteiger partial charge in [0.05, 0.1) is 5.25 Å². The fraction of sp³-hybridized carbons (Fsp3) is 0.571. The fourth-order valence-electron chi connectivity index (χ4n) is 2.92. The van der Waals surface area contributed by atoms with Crippen molar-refractivity contribution in [3.8, 4) is 0 Å². The minimum absolute atomic E-state index is 0.116. The summed E-state index contributed by atoms with van der Waals surface area (Å²) in [5.41, 5.74) is 7.12. The Bertz CT molecular complexity index is 591. The van der Waals surface area contributed by atoms with Crippen molar-refractivity contribution in [2.24, 2.45) is 11.7 Å². The van der Waals surface area contributed by atoms with E-state index in [1.54, 1.807) is 6.07 Å². The Morgan fingerprint density at radius 1 is 1.40 bits per heavy atom. The van der Waals surface area contributed by atoms with Gasteiger partial charge in [0.2, 0.25) is 0 Å². The molecule has 2 rings (SSSR count). The molecule has 1 aliphatic carbocycles. The largest absolute Gasteiger partial charge is 0.324 e. The molecule has 0 saturated heterocycles. The van der Waals surface area contributed by atoms with Gasteiger partial charge in [0, 0.05) is 16.8 Å². The van der Waals surface area contributed by atoms with Gasteiger partial charge < -0.3 is 5.73 Å². The highest BCUT2D eigenvalue weighted by Crippen LogP contribution is 2.37. The molecule has 0 aromatic heterocycles. The normalized spacial score (nSPS) is 25.4. The minimum Gasteiger partial charge on any atom is -0.324 e. The van der Waals surface area contributed by atoms with Crippen molar-refractivity contribution < 1.29 is 12.8 Å². The van der Waals surface area contributed by atoms with E-state index >= 15 is 0 Å². The third kappa shape index (κ3) is 3.59. The molecule has 1 aromatic carbocycles. The summed E-state index contributed by atoms with van der Waals surface area (Å²) in [5.74, 6) is -0.198. The van der Waals surface area contributed by atoms with Crippen molar-refractivity contribution in [2.75, 3.05) is 6.26 Å². The standard InChI is InChI=1S/C14H19BrFNO2S/c1-20(18,19)11-4-2-3-9(7-11)14(17)12-6-5-10(16)8-13(12)15/h5-6,8-9,11,14H,2-4,7,17H2,1H3. The van der Waals surface area contributed by atoms with Crippen LogP contribution in [0, 0.1) is 11.7 Å². The zero-order valence-corrected chi connectivity index (χ0v) is 13.8. The topological polar surface area (TPSA) is 60.2 Å². The van der Waals surface area contributed by atoms with Gasteiger partial charge in [-0.3, -0.25) is 0 Å². The Hall–Kier alpha value is -0.460. The highest BCUT2D eigenvalue weighted by Gasteiger charge is 2.32. The molecule has 20 heavy (non-hydrogen) atoms. The van der Waals surface area contributed by atoms with E-state index in [9.17, 15) is 12.8 Å². The summed E-state index contributed by atoms with van der Waals surface area (Å²) in [7, 11) is -3.02. The molecule has 3 atom stereocenters. The number of hydrogen-bond donors (Lipinski definition) is 1. The zero-order chi connectivity index (χ0) is 14.9.